The number of anilines is 3. The van der Waals surface area contributed by atoms with E-state index in [0.29, 0.717) is 0 Å². The number of nitrogens with zero attached hydrogens (tertiary/aromatic N) is 1. The Hall–Kier alpha value is -8.78. The molecule has 320 valence electrons. The molecular weight excluding hydrogens is 819 g/mol. The predicted octanol–water partition coefficient (Wildman–Crippen LogP) is 17.9. The average molecular weight is 866 g/mol. The van der Waals surface area contributed by atoms with Gasteiger partial charge in [0.1, 0.15) is 0 Å². The third kappa shape index (κ3) is 7.32. The van der Waals surface area contributed by atoms with E-state index in [9.17, 15) is 0 Å². The van der Waals surface area contributed by atoms with E-state index < -0.39 is 5.41 Å². The van der Waals surface area contributed by atoms with E-state index in [1.54, 1.807) is 0 Å². The maximum absolute atomic E-state index is 2.47. The van der Waals surface area contributed by atoms with Crippen molar-refractivity contribution in [2.24, 2.45) is 0 Å². The van der Waals surface area contributed by atoms with E-state index >= 15 is 0 Å². The lowest BCUT2D eigenvalue weighted by Crippen LogP contribution is -2.29. The van der Waals surface area contributed by atoms with Crippen LogP contribution in [0, 0.1) is 0 Å². The number of fused-ring (bicyclic) bond motifs is 3. The Balaban J connectivity index is 1.04. The van der Waals surface area contributed by atoms with Gasteiger partial charge in [-0.05, 0) is 131 Å². The predicted molar refractivity (Wildman–Crippen MR) is 286 cm³/mol. The molecule has 0 bridgehead atoms. The van der Waals surface area contributed by atoms with Crippen LogP contribution in [0.3, 0.4) is 0 Å². The van der Waals surface area contributed by atoms with Crippen molar-refractivity contribution in [3.63, 3.8) is 0 Å². The van der Waals surface area contributed by atoms with Crippen LogP contribution in [0.25, 0.3) is 66.8 Å². The van der Waals surface area contributed by atoms with E-state index in [1.165, 1.54) is 89.0 Å². The van der Waals surface area contributed by atoms with Gasteiger partial charge in [0.15, 0.2) is 0 Å². The third-order valence-electron chi connectivity index (χ3n) is 13.8. The van der Waals surface area contributed by atoms with Gasteiger partial charge >= 0.3 is 0 Å². The number of hydrogen-bond acceptors (Lipinski definition) is 1. The van der Waals surface area contributed by atoms with Crippen LogP contribution in [-0.2, 0) is 5.41 Å². The molecule has 0 aromatic heterocycles. The monoisotopic (exact) mass is 865 g/mol. The summed E-state index contributed by atoms with van der Waals surface area (Å²) < 4.78 is 0. The van der Waals surface area contributed by atoms with E-state index in [2.05, 4.69) is 290 Å². The summed E-state index contributed by atoms with van der Waals surface area (Å²) in [6.07, 6.45) is 0. The molecule has 1 atom stereocenters. The van der Waals surface area contributed by atoms with E-state index in [-0.39, 0.29) is 0 Å². The second-order valence-electron chi connectivity index (χ2n) is 17.7. The van der Waals surface area contributed by atoms with Gasteiger partial charge in [-0.3, -0.25) is 0 Å². The summed E-state index contributed by atoms with van der Waals surface area (Å²) in [5.41, 5.74) is 22.1. The van der Waals surface area contributed by atoms with Gasteiger partial charge in [0, 0.05) is 17.1 Å². The fourth-order valence-electron chi connectivity index (χ4n) is 10.5. The van der Waals surface area contributed by atoms with Crippen LogP contribution in [0.5, 0.6) is 0 Å². The zero-order valence-corrected chi connectivity index (χ0v) is 37.6. The molecular formula is C67H47N. The van der Waals surface area contributed by atoms with Crippen LogP contribution in [0.1, 0.15) is 22.3 Å². The SMILES string of the molecule is c1ccc(-c2ccc(-c3ccc(N(c4ccc(-c5ccccc5)cc4)c4ccc5c(c4)C(c4ccccc4)(c4ccc(-c6ccccc6)cc4)c4cc(-c6ccccc6)ccc4-5)cc3)cc2)cc1. The second kappa shape index (κ2) is 17.5. The van der Waals surface area contributed by atoms with Crippen LogP contribution in [0.2, 0.25) is 0 Å². The molecule has 0 radical (unpaired) electrons. The molecule has 0 saturated carbocycles. The lowest BCUT2D eigenvalue weighted by Gasteiger charge is -2.35. The Morgan fingerprint density at radius 2 is 0.485 bits per heavy atom. The number of hydrogen-bond donors (Lipinski definition) is 0. The van der Waals surface area contributed by atoms with Crippen LogP contribution < -0.4 is 4.90 Å². The molecule has 1 aliphatic rings. The molecule has 1 aliphatic carbocycles. The zero-order chi connectivity index (χ0) is 45.3. The van der Waals surface area contributed by atoms with E-state index in [0.717, 1.165) is 17.1 Å². The molecule has 1 heteroatoms. The summed E-state index contributed by atoms with van der Waals surface area (Å²) in [5, 5.41) is 0. The van der Waals surface area contributed by atoms with Gasteiger partial charge in [0.25, 0.3) is 0 Å². The molecule has 0 spiro atoms. The Morgan fingerprint density at radius 1 is 0.206 bits per heavy atom. The Morgan fingerprint density at radius 3 is 0.912 bits per heavy atom. The summed E-state index contributed by atoms with van der Waals surface area (Å²) in [4.78, 5) is 2.42. The first-order valence-electron chi connectivity index (χ1n) is 23.5. The molecule has 0 fully saturated rings. The zero-order valence-electron chi connectivity index (χ0n) is 37.6. The van der Waals surface area contributed by atoms with Crippen molar-refractivity contribution < 1.29 is 0 Å². The summed E-state index contributed by atoms with van der Waals surface area (Å²) in [6, 6.07) is 104. The molecule has 1 nitrogen and oxygen atoms in total. The molecule has 11 aromatic carbocycles. The van der Waals surface area contributed by atoms with Crippen molar-refractivity contribution in [2.45, 2.75) is 5.41 Å². The molecule has 1 unspecified atom stereocenters. The molecule has 0 N–H and O–H groups in total. The normalized spacial score (nSPS) is 13.6. The van der Waals surface area contributed by atoms with Gasteiger partial charge in [-0.2, -0.15) is 0 Å². The molecule has 11 aromatic rings. The summed E-state index contributed by atoms with van der Waals surface area (Å²) in [7, 11) is 0. The van der Waals surface area contributed by atoms with Crippen LogP contribution in [0.4, 0.5) is 17.1 Å². The van der Waals surface area contributed by atoms with Gasteiger partial charge in [-0.1, -0.05) is 243 Å². The van der Waals surface area contributed by atoms with Crippen molar-refractivity contribution >= 4 is 17.1 Å². The largest absolute Gasteiger partial charge is 0.310 e. The van der Waals surface area contributed by atoms with Crippen molar-refractivity contribution in [3.05, 3.63) is 307 Å². The third-order valence-corrected chi connectivity index (χ3v) is 13.8. The molecule has 0 saturated heterocycles. The fourth-order valence-corrected chi connectivity index (χ4v) is 10.5. The molecule has 0 heterocycles. The minimum atomic E-state index is -0.624. The quantitative estimate of drug-likeness (QED) is 0.132. The highest BCUT2D eigenvalue weighted by molar-refractivity contribution is 5.91. The summed E-state index contributed by atoms with van der Waals surface area (Å²) in [6.45, 7) is 0. The highest BCUT2D eigenvalue weighted by Gasteiger charge is 2.46. The Bertz CT molecular complexity index is 3480. The highest BCUT2D eigenvalue weighted by atomic mass is 15.1. The van der Waals surface area contributed by atoms with Crippen molar-refractivity contribution in [2.75, 3.05) is 4.90 Å². The van der Waals surface area contributed by atoms with Gasteiger partial charge < -0.3 is 4.90 Å². The van der Waals surface area contributed by atoms with Crippen molar-refractivity contribution in [1.29, 1.82) is 0 Å². The van der Waals surface area contributed by atoms with Crippen LogP contribution >= 0.6 is 0 Å². The Labute approximate surface area is 399 Å². The average Bonchev–Trinajstić information content (AvgIpc) is 3.72. The summed E-state index contributed by atoms with van der Waals surface area (Å²) >= 11 is 0. The minimum Gasteiger partial charge on any atom is -0.310 e. The first-order chi connectivity index (χ1) is 33.7. The van der Waals surface area contributed by atoms with E-state index in [1.807, 2.05) is 0 Å². The Kier molecular flexibility index (Phi) is 10.5. The maximum atomic E-state index is 2.47. The van der Waals surface area contributed by atoms with Gasteiger partial charge in [0.2, 0.25) is 0 Å². The molecule has 0 amide bonds. The van der Waals surface area contributed by atoms with Gasteiger partial charge in [-0.25, -0.2) is 0 Å². The second-order valence-corrected chi connectivity index (χ2v) is 17.7. The molecule has 0 aliphatic heterocycles. The lowest BCUT2D eigenvalue weighted by molar-refractivity contribution is 0.769. The topological polar surface area (TPSA) is 3.24 Å². The molecule has 68 heavy (non-hydrogen) atoms. The number of rotatable bonds is 10. The van der Waals surface area contributed by atoms with Crippen LogP contribution in [-0.4, -0.2) is 0 Å². The first-order valence-corrected chi connectivity index (χ1v) is 23.5. The van der Waals surface area contributed by atoms with Crippen LogP contribution in [0.15, 0.2) is 285 Å². The van der Waals surface area contributed by atoms with Crippen molar-refractivity contribution in [3.8, 4) is 66.8 Å². The van der Waals surface area contributed by atoms with Crippen molar-refractivity contribution in [1.82, 2.24) is 0 Å². The van der Waals surface area contributed by atoms with E-state index in [4.69, 9.17) is 0 Å². The van der Waals surface area contributed by atoms with Gasteiger partial charge in [0.05, 0.1) is 5.41 Å². The minimum absolute atomic E-state index is 0.624. The molecule has 12 rings (SSSR count). The fraction of sp³-hybridized carbons (Fsp3) is 0.0149. The highest BCUT2D eigenvalue weighted by Crippen LogP contribution is 2.58. The standard InChI is InChI=1S/C67H47N/c1-6-16-48(17-7-1)52-26-28-53(29-27-52)56-34-41-61(42-35-56)68(60-39-32-55(33-40-60)50-20-10-3-11-21-50)62-43-45-64-63-44-36-57(51-22-12-4-13-23-51)46-65(63)67(66(64)47-62,58-24-14-5-15-25-58)59-37-30-54(31-38-59)49-18-8-2-9-19-49/h1-47H. The smallest absolute Gasteiger partial charge is 0.0714 e. The lowest BCUT2D eigenvalue weighted by atomic mass is 9.67. The maximum Gasteiger partial charge on any atom is 0.0714 e. The van der Waals surface area contributed by atoms with Gasteiger partial charge in [-0.15, -0.1) is 0 Å². The first kappa shape index (κ1) is 40.7. The number of benzene rings is 11. The summed E-state index contributed by atoms with van der Waals surface area (Å²) in [5.74, 6) is 0.